The van der Waals surface area contributed by atoms with Crippen LogP contribution in [0.5, 0.6) is 0 Å². The summed E-state index contributed by atoms with van der Waals surface area (Å²) in [6.45, 7) is 0.329. The Morgan fingerprint density at radius 1 is 1.26 bits per heavy atom. The summed E-state index contributed by atoms with van der Waals surface area (Å²) in [5.74, 6) is -0.681. The third-order valence-electron chi connectivity index (χ3n) is 2.46. The monoisotopic (exact) mass is 294 g/mol. The van der Waals surface area contributed by atoms with Gasteiger partial charge in [0.1, 0.15) is 0 Å². The number of carbonyl (C=O) groups excluding carboxylic acids is 2. The highest BCUT2D eigenvalue weighted by atomic mass is 35.5. The second-order valence-electron chi connectivity index (χ2n) is 3.85. The molecule has 0 bridgehead atoms. The van der Waals surface area contributed by atoms with E-state index < -0.39 is 5.91 Å². The van der Waals surface area contributed by atoms with Crippen molar-refractivity contribution < 1.29 is 9.59 Å². The minimum Gasteiger partial charge on any atom is -0.366 e. The number of primary amides is 1. The predicted octanol–water partition coefficient (Wildman–Crippen LogP) is 2.43. The molecule has 3 N–H and O–H groups in total. The third kappa shape index (κ3) is 3.56. The summed E-state index contributed by atoms with van der Waals surface area (Å²) in [6, 6.07) is 10.2. The van der Waals surface area contributed by atoms with Gasteiger partial charge in [0.05, 0.1) is 9.21 Å². The number of hydrogen-bond donors (Lipinski definition) is 2. The van der Waals surface area contributed by atoms with E-state index in [4.69, 9.17) is 17.3 Å². The molecule has 0 saturated carbocycles. The van der Waals surface area contributed by atoms with Crippen LogP contribution in [0.2, 0.25) is 4.34 Å². The molecule has 4 nitrogen and oxygen atoms in total. The highest BCUT2D eigenvalue weighted by molar-refractivity contribution is 7.17. The molecule has 1 aromatic heterocycles. The van der Waals surface area contributed by atoms with Gasteiger partial charge in [-0.05, 0) is 29.8 Å². The van der Waals surface area contributed by atoms with Crippen LogP contribution in [0.1, 0.15) is 25.6 Å². The van der Waals surface area contributed by atoms with Gasteiger partial charge >= 0.3 is 0 Å². The summed E-state index contributed by atoms with van der Waals surface area (Å²) in [4.78, 5) is 23.4. The van der Waals surface area contributed by atoms with Gasteiger partial charge in [-0.15, -0.1) is 11.3 Å². The Balaban J connectivity index is 2.01. The minimum absolute atomic E-state index is 0.193. The zero-order chi connectivity index (χ0) is 13.8. The number of rotatable bonds is 4. The fraction of sp³-hybridized carbons (Fsp3) is 0.0769. The topological polar surface area (TPSA) is 72.2 Å². The summed E-state index contributed by atoms with van der Waals surface area (Å²) in [6.07, 6.45) is 0. The van der Waals surface area contributed by atoms with Crippen LogP contribution in [-0.2, 0) is 6.54 Å². The first-order chi connectivity index (χ1) is 9.06. The molecule has 0 unspecified atom stereocenters. The van der Waals surface area contributed by atoms with E-state index in [1.54, 1.807) is 30.3 Å². The Hall–Kier alpha value is -1.85. The summed E-state index contributed by atoms with van der Waals surface area (Å²) in [5, 5.41) is 2.76. The van der Waals surface area contributed by atoms with Crippen molar-refractivity contribution in [2.24, 2.45) is 5.73 Å². The lowest BCUT2D eigenvalue weighted by molar-refractivity contribution is 0.0954. The van der Waals surface area contributed by atoms with Crippen LogP contribution in [0, 0.1) is 0 Å². The van der Waals surface area contributed by atoms with Crippen molar-refractivity contribution in [1.29, 1.82) is 0 Å². The number of nitrogens with one attached hydrogen (secondary N) is 1. The van der Waals surface area contributed by atoms with Gasteiger partial charge in [0.15, 0.2) is 0 Å². The molecule has 0 fully saturated rings. The summed E-state index contributed by atoms with van der Waals surface area (Å²) in [7, 11) is 0. The van der Waals surface area contributed by atoms with Crippen LogP contribution >= 0.6 is 22.9 Å². The molecule has 0 atom stereocenters. The maximum atomic E-state index is 11.8. The molecule has 98 valence electrons. The summed E-state index contributed by atoms with van der Waals surface area (Å²) in [5.41, 5.74) is 6.43. The second-order valence-corrected chi connectivity index (χ2v) is 5.57. The van der Waals surface area contributed by atoms with Gasteiger partial charge in [-0.25, -0.2) is 0 Å². The highest BCUT2D eigenvalue weighted by Gasteiger charge is 2.08. The largest absolute Gasteiger partial charge is 0.366 e. The van der Waals surface area contributed by atoms with Crippen molar-refractivity contribution in [3.05, 3.63) is 56.7 Å². The van der Waals surface area contributed by atoms with Gasteiger partial charge in [0.2, 0.25) is 5.91 Å². The van der Waals surface area contributed by atoms with Crippen LogP contribution in [-0.4, -0.2) is 11.8 Å². The molecule has 0 saturated heterocycles. The van der Waals surface area contributed by atoms with E-state index in [0.717, 1.165) is 5.56 Å². The van der Waals surface area contributed by atoms with E-state index in [1.807, 2.05) is 6.07 Å². The van der Waals surface area contributed by atoms with E-state index in [0.29, 0.717) is 21.3 Å². The zero-order valence-corrected chi connectivity index (χ0v) is 11.4. The smallest absolute Gasteiger partial charge is 0.261 e. The van der Waals surface area contributed by atoms with E-state index in [1.165, 1.54) is 11.3 Å². The fourth-order valence-corrected chi connectivity index (χ4v) is 2.50. The average molecular weight is 295 g/mol. The maximum Gasteiger partial charge on any atom is 0.261 e. The van der Waals surface area contributed by atoms with Gasteiger partial charge in [0.25, 0.3) is 5.91 Å². The zero-order valence-electron chi connectivity index (χ0n) is 9.85. The van der Waals surface area contributed by atoms with E-state index in [9.17, 15) is 9.59 Å². The molecule has 0 aliphatic carbocycles. The minimum atomic E-state index is -0.488. The van der Waals surface area contributed by atoms with Crippen LogP contribution in [0.25, 0.3) is 0 Å². The van der Waals surface area contributed by atoms with Crippen molar-refractivity contribution in [2.75, 3.05) is 0 Å². The fourth-order valence-electron chi connectivity index (χ4n) is 1.54. The van der Waals surface area contributed by atoms with E-state index in [2.05, 4.69) is 5.32 Å². The van der Waals surface area contributed by atoms with Gasteiger partial charge in [0, 0.05) is 12.1 Å². The summed E-state index contributed by atoms with van der Waals surface area (Å²) >= 11 is 6.98. The molecule has 0 spiro atoms. The molecule has 2 rings (SSSR count). The van der Waals surface area contributed by atoms with Gasteiger partial charge in [-0.3, -0.25) is 9.59 Å². The SMILES string of the molecule is NC(=O)c1cccc(CNC(=O)c2ccc(Cl)s2)c1. The Bertz CT molecular complexity index is 625. The number of halogens is 1. The van der Waals surface area contributed by atoms with Crippen LogP contribution in [0.3, 0.4) is 0 Å². The Morgan fingerprint density at radius 2 is 2.05 bits per heavy atom. The predicted molar refractivity (Wildman–Crippen MR) is 75.5 cm³/mol. The quantitative estimate of drug-likeness (QED) is 0.909. The van der Waals surface area contributed by atoms with E-state index in [-0.39, 0.29) is 5.91 Å². The first-order valence-corrected chi connectivity index (χ1v) is 6.68. The Kier molecular flexibility index (Phi) is 4.19. The number of carbonyl (C=O) groups is 2. The number of nitrogens with two attached hydrogens (primary N) is 1. The molecule has 0 aliphatic heterocycles. The van der Waals surface area contributed by atoms with Crippen molar-refractivity contribution in [3.8, 4) is 0 Å². The molecule has 0 aliphatic rings. The molecule has 2 amide bonds. The second kappa shape index (κ2) is 5.86. The van der Waals surface area contributed by atoms with Gasteiger partial charge < -0.3 is 11.1 Å². The maximum absolute atomic E-state index is 11.8. The van der Waals surface area contributed by atoms with Crippen LogP contribution in [0.4, 0.5) is 0 Å². The van der Waals surface area contributed by atoms with Gasteiger partial charge in [-0.1, -0.05) is 23.7 Å². The molecular weight excluding hydrogens is 284 g/mol. The molecule has 1 aromatic carbocycles. The number of thiophene rings is 1. The lowest BCUT2D eigenvalue weighted by Gasteiger charge is -2.05. The van der Waals surface area contributed by atoms with Crippen molar-refractivity contribution in [3.63, 3.8) is 0 Å². The molecular formula is C13H11ClN2O2S. The standard InChI is InChI=1S/C13H11ClN2O2S/c14-11-5-4-10(19-11)13(18)16-7-8-2-1-3-9(6-8)12(15)17/h1-6H,7H2,(H2,15,17)(H,16,18). The van der Waals surface area contributed by atoms with Gasteiger partial charge in [-0.2, -0.15) is 0 Å². The lowest BCUT2D eigenvalue weighted by Crippen LogP contribution is -2.22. The number of amides is 2. The first kappa shape index (κ1) is 13.6. The molecule has 0 radical (unpaired) electrons. The number of benzene rings is 1. The molecule has 6 heteroatoms. The molecule has 19 heavy (non-hydrogen) atoms. The van der Waals surface area contributed by atoms with Crippen LogP contribution in [0.15, 0.2) is 36.4 Å². The van der Waals surface area contributed by atoms with Crippen molar-refractivity contribution in [2.45, 2.75) is 6.54 Å². The Labute approximate surface area is 119 Å². The average Bonchev–Trinajstić information content (AvgIpc) is 2.83. The number of hydrogen-bond acceptors (Lipinski definition) is 3. The normalized spacial score (nSPS) is 10.2. The first-order valence-electron chi connectivity index (χ1n) is 5.48. The highest BCUT2D eigenvalue weighted by Crippen LogP contribution is 2.21. The Morgan fingerprint density at radius 3 is 2.68 bits per heavy atom. The molecule has 2 aromatic rings. The third-order valence-corrected chi connectivity index (χ3v) is 3.69. The molecule has 1 heterocycles. The van der Waals surface area contributed by atoms with Crippen molar-refractivity contribution in [1.82, 2.24) is 5.32 Å². The van der Waals surface area contributed by atoms with Crippen LogP contribution < -0.4 is 11.1 Å². The van der Waals surface area contributed by atoms with Crippen molar-refractivity contribution >= 4 is 34.8 Å². The summed E-state index contributed by atoms with van der Waals surface area (Å²) < 4.78 is 0.570. The van der Waals surface area contributed by atoms with E-state index >= 15 is 0 Å². The lowest BCUT2D eigenvalue weighted by atomic mass is 10.1.